The lowest BCUT2D eigenvalue weighted by Gasteiger charge is -2.28. The third-order valence-corrected chi connectivity index (χ3v) is 8.74. The van der Waals surface area contributed by atoms with Gasteiger partial charge in [-0.3, -0.25) is 14.4 Å². The van der Waals surface area contributed by atoms with Crippen molar-refractivity contribution >= 4 is 29.1 Å². The first-order valence-corrected chi connectivity index (χ1v) is 15.2. The van der Waals surface area contributed by atoms with Crippen molar-refractivity contribution in [1.82, 2.24) is 25.9 Å². The number of anilines is 2. The first kappa shape index (κ1) is 30.1. The second-order valence-corrected chi connectivity index (χ2v) is 11.8. The number of benzene rings is 3. The number of fused-ring (bicyclic) bond motifs is 1. The van der Waals surface area contributed by atoms with Gasteiger partial charge in [0, 0.05) is 30.1 Å². The SMILES string of the molecule is NCC1CCC(C(=O)NC(Cc2ccc(-c3ccc4c(c3)NC(=O)CC4)cc2)C(=O)Nc2ccc(-c3nn[nH]n3)c(F)c2)CC1. The van der Waals surface area contributed by atoms with Gasteiger partial charge < -0.3 is 21.7 Å². The Morgan fingerprint density at radius 3 is 2.47 bits per heavy atom. The summed E-state index contributed by atoms with van der Waals surface area (Å²) in [6.45, 7) is 0.609. The summed E-state index contributed by atoms with van der Waals surface area (Å²) in [4.78, 5) is 38.8. The number of aromatic amines is 1. The summed E-state index contributed by atoms with van der Waals surface area (Å²) in [5.74, 6) is -0.908. The number of carbonyl (C=O) groups is 3. The molecule has 0 spiro atoms. The number of aryl methyl sites for hydroxylation is 1. The lowest BCUT2D eigenvalue weighted by atomic mass is 9.81. The fraction of sp³-hybridized carbons (Fsp3) is 0.333. The number of nitrogens with one attached hydrogen (secondary N) is 4. The number of hydrogen-bond donors (Lipinski definition) is 5. The fourth-order valence-corrected chi connectivity index (χ4v) is 6.06. The summed E-state index contributed by atoms with van der Waals surface area (Å²) in [5, 5.41) is 22.0. The highest BCUT2D eigenvalue weighted by Crippen LogP contribution is 2.30. The van der Waals surface area contributed by atoms with Gasteiger partial charge in [-0.2, -0.15) is 5.21 Å². The van der Waals surface area contributed by atoms with E-state index in [4.69, 9.17) is 5.73 Å². The molecule has 4 aromatic rings. The molecular weight excluding hydrogens is 575 g/mol. The second-order valence-electron chi connectivity index (χ2n) is 11.8. The highest BCUT2D eigenvalue weighted by atomic mass is 19.1. The number of carbonyl (C=O) groups excluding carboxylic acids is 3. The number of rotatable bonds is 9. The highest BCUT2D eigenvalue weighted by molar-refractivity contribution is 5.98. The van der Waals surface area contributed by atoms with Crippen LogP contribution in [0.15, 0.2) is 60.7 Å². The lowest BCUT2D eigenvalue weighted by molar-refractivity contribution is -0.130. The Hall–Kier alpha value is -4.97. The number of H-pyrrole nitrogens is 1. The van der Waals surface area contributed by atoms with Gasteiger partial charge in [-0.05, 0) is 96.3 Å². The molecule has 0 saturated heterocycles. The lowest BCUT2D eigenvalue weighted by Crippen LogP contribution is -2.48. The highest BCUT2D eigenvalue weighted by Gasteiger charge is 2.29. The third kappa shape index (κ3) is 7.07. The van der Waals surface area contributed by atoms with E-state index in [1.165, 1.54) is 12.1 Å². The van der Waals surface area contributed by atoms with Crippen molar-refractivity contribution in [2.24, 2.45) is 17.6 Å². The van der Waals surface area contributed by atoms with Crippen LogP contribution in [0.5, 0.6) is 0 Å². The second kappa shape index (κ2) is 13.3. The zero-order chi connectivity index (χ0) is 31.3. The third-order valence-electron chi connectivity index (χ3n) is 8.74. The standard InChI is InChI=1S/C33H35FN8O3/c34-27-17-25(12-13-26(27)31-39-41-42-40-31)36-33(45)29(38-32(44)23-7-3-20(18-35)4-8-23)15-19-1-5-21(6-2-19)24-10-9-22-11-14-30(43)37-28(22)16-24/h1-2,5-6,9-10,12-13,16-17,20,23,29H,3-4,7-8,11,14-15,18,35H2,(H,36,45)(H,37,43)(H,38,44)(H,39,40,41,42). The Kier molecular flexibility index (Phi) is 8.92. The van der Waals surface area contributed by atoms with Gasteiger partial charge in [-0.1, -0.05) is 36.4 Å². The molecule has 0 bridgehead atoms. The van der Waals surface area contributed by atoms with Crippen molar-refractivity contribution in [2.75, 3.05) is 17.2 Å². The molecule has 3 amide bonds. The van der Waals surface area contributed by atoms with E-state index < -0.39 is 17.8 Å². The molecule has 1 fully saturated rings. The summed E-state index contributed by atoms with van der Waals surface area (Å²) >= 11 is 0. The number of tetrazole rings is 1. The number of aromatic nitrogens is 4. The Labute approximate surface area is 259 Å². The first-order chi connectivity index (χ1) is 21.9. The van der Waals surface area contributed by atoms with Crippen LogP contribution in [0.2, 0.25) is 0 Å². The summed E-state index contributed by atoms with van der Waals surface area (Å²) in [7, 11) is 0. The van der Waals surface area contributed by atoms with Crippen molar-refractivity contribution in [3.63, 3.8) is 0 Å². The van der Waals surface area contributed by atoms with Crippen LogP contribution in [0, 0.1) is 17.7 Å². The number of nitrogens with zero attached hydrogens (tertiary/aromatic N) is 3. The Bertz CT molecular complexity index is 1680. The van der Waals surface area contributed by atoms with Gasteiger partial charge in [-0.25, -0.2) is 4.39 Å². The van der Waals surface area contributed by atoms with Crippen molar-refractivity contribution in [2.45, 2.75) is 51.0 Å². The van der Waals surface area contributed by atoms with Crippen LogP contribution in [-0.2, 0) is 27.2 Å². The van der Waals surface area contributed by atoms with E-state index >= 15 is 0 Å². The van der Waals surface area contributed by atoms with Gasteiger partial charge in [0.25, 0.3) is 0 Å². The van der Waals surface area contributed by atoms with Crippen molar-refractivity contribution < 1.29 is 18.8 Å². The summed E-state index contributed by atoms with van der Waals surface area (Å²) in [6, 6.07) is 17.1. The molecular formula is C33H35FN8O3. The quantitative estimate of drug-likeness (QED) is 0.191. The number of halogens is 1. The zero-order valence-electron chi connectivity index (χ0n) is 24.7. The molecule has 1 atom stereocenters. The molecule has 1 unspecified atom stereocenters. The van der Waals surface area contributed by atoms with E-state index in [1.54, 1.807) is 6.07 Å². The van der Waals surface area contributed by atoms with E-state index in [1.807, 2.05) is 42.5 Å². The van der Waals surface area contributed by atoms with Gasteiger partial charge in [0.2, 0.25) is 23.5 Å². The monoisotopic (exact) mass is 610 g/mol. The maximum atomic E-state index is 14.8. The zero-order valence-corrected chi connectivity index (χ0v) is 24.7. The molecule has 12 heteroatoms. The van der Waals surface area contributed by atoms with Gasteiger partial charge in [0.1, 0.15) is 11.9 Å². The summed E-state index contributed by atoms with van der Waals surface area (Å²) in [6.07, 6.45) is 4.65. The van der Waals surface area contributed by atoms with E-state index in [9.17, 15) is 18.8 Å². The topological polar surface area (TPSA) is 168 Å². The molecule has 0 radical (unpaired) electrons. The fourth-order valence-electron chi connectivity index (χ4n) is 6.06. The van der Waals surface area contributed by atoms with E-state index in [0.29, 0.717) is 18.9 Å². The molecule has 1 aliphatic carbocycles. The van der Waals surface area contributed by atoms with Gasteiger partial charge >= 0.3 is 0 Å². The molecule has 6 rings (SSSR count). The molecule has 232 valence electrons. The molecule has 1 saturated carbocycles. The van der Waals surface area contributed by atoms with Gasteiger partial charge in [0.15, 0.2) is 0 Å². The van der Waals surface area contributed by atoms with Gasteiger partial charge in [0.05, 0.1) is 5.56 Å². The molecule has 2 heterocycles. The van der Waals surface area contributed by atoms with E-state index in [-0.39, 0.29) is 41.2 Å². The minimum Gasteiger partial charge on any atom is -0.344 e. The smallest absolute Gasteiger partial charge is 0.247 e. The average molecular weight is 611 g/mol. The Morgan fingerprint density at radius 2 is 1.76 bits per heavy atom. The van der Waals surface area contributed by atoms with Crippen LogP contribution >= 0.6 is 0 Å². The molecule has 11 nitrogen and oxygen atoms in total. The first-order valence-electron chi connectivity index (χ1n) is 15.2. The normalized spacial score (nSPS) is 18.4. The molecule has 6 N–H and O–H groups in total. The predicted molar refractivity (Wildman–Crippen MR) is 167 cm³/mol. The van der Waals surface area contributed by atoms with Crippen LogP contribution in [0.3, 0.4) is 0 Å². The molecule has 2 aliphatic rings. The maximum Gasteiger partial charge on any atom is 0.247 e. The summed E-state index contributed by atoms with van der Waals surface area (Å²) < 4.78 is 14.8. The van der Waals surface area contributed by atoms with Crippen LogP contribution in [0.1, 0.15) is 43.2 Å². The maximum absolute atomic E-state index is 14.8. The molecule has 1 aromatic heterocycles. The van der Waals surface area contributed by atoms with Crippen molar-refractivity contribution in [1.29, 1.82) is 0 Å². The number of nitrogens with two attached hydrogens (primary N) is 1. The number of amides is 3. The minimum absolute atomic E-state index is 0.0134. The predicted octanol–water partition coefficient (Wildman–Crippen LogP) is 3.99. The largest absolute Gasteiger partial charge is 0.344 e. The van der Waals surface area contributed by atoms with Crippen LogP contribution in [0.4, 0.5) is 15.8 Å². The number of hydrogen-bond acceptors (Lipinski definition) is 7. The Balaban J connectivity index is 1.18. The molecule has 1 aliphatic heterocycles. The van der Waals surface area contributed by atoms with Crippen LogP contribution in [0.25, 0.3) is 22.5 Å². The van der Waals surface area contributed by atoms with Crippen molar-refractivity contribution in [3.05, 3.63) is 77.6 Å². The molecule has 45 heavy (non-hydrogen) atoms. The average Bonchev–Trinajstić information content (AvgIpc) is 3.59. The Morgan fingerprint density at radius 1 is 0.978 bits per heavy atom. The summed E-state index contributed by atoms with van der Waals surface area (Å²) in [5.41, 5.74) is 10.9. The van der Waals surface area contributed by atoms with Crippen LogP contribution < -0.4 is 21.7 Å². The molecule has 3 aromatic carbocycles. The van der Waals surface area contributed by atoms with Crippen LogP contribution in [-0.4, -0.2) is 50.9 Å². The van der Waals surface area contributed by atoms with E-state index in [2.05, 4.69) is 36.6 Å². The minimum atomic E-state index is -0.894. The van der Waals surface area contributed by atoms with Crippen molar-refractivity contribution in [3.8, 4) is 22.5 Å². The van der Waals surface area contributed by atoms with Gasteiger partial charge in [-0.15, -0.1) is 10.2 Å². The van der Waals surface area contributed by atoms with E-state index in [0.717, 1.165) is 60.0 Å².